The van der Waals surface area contributed by atoms with Gasteiger partial charge in [-0.1, -0.05) is 36.9 Å². The predicted molar refractivity (Wildman–Crippen MR) is 67.0 cm³/mol. The minimum atomic E-state index is -2.76. The van der Waals surface area contributed by atoms with Crippen molar-refractivity contribution in [2.24, 2.45) is 0 Å². The minimum Gasteiger partial charge on any atom is -0.381 e. The van der Waals surface area contributed by atoms with Gasteiger partial charge >= 0.3 is 0 Å². The predicted octanol–water partition coefficient (Wildman–Crippen LogP) is 0.539. The first kappa shape index (κ1) is 15.1. The third kappa shape index (κ3) is 4.76. The number of hydrogen-bond acceptors (Lipinski definition) is 4. The zero-order valence-corrected chi connectivity index (χ0v) is 10.4. The summed E-state index contributed by atoms with van der Waals surface area (Å²) in [4.78, 5) is 0. The number of halogens is 1. The van der Waals surface area contributed by atoms with Crippen molar-refractivity contribution in [2.45, 2.75) is 18.4 Å². The van der Waals surface area contributed by atoms with E-state index in [4.69, 9.17) is 15.3 Å². The van der Waals surface area contributed by atoms with Gasteiger partial charge in [-0.3, -0.25) is 0 Å². The zero-order chi connectivity index (χ0) is 11.3. The topological polar surface area (TPSA) is 72.7 Å². The van der Waals surface area contributed by atoms with Gasteiger partial charge in [-0.2, -0.15) is 0 Å². The summed E-state index contributed by atoms with van der Waals surface area (Å²) in [5.41, 5.74) is 0.887. The first-order chi connectivity index (χ1) is 7.04. The van der Waals surface area contributed by atoms with E-state index in [2.05, 4.69) is 11.9 Å². The lowest BCUT2D eigenvalue weighted by Gasteiger charge is -2.26. The van der Waals surface area contributed by atoms with Crippen LogP contribution in [0.5, 0.6) is 0 Å². The van der Waals surface area contributed by atoms with Crippen molar-refractivity contribution in [1.82, 2.24) is 5.32 Å². The number of rotatable bonds is 5. The second-order valence-corrected chi connectivity index (χ2v) is 3.30. The molecule has 0 fully saturated rings. The molecule has 4 nitrogen and oxygen atoms in total. The molecule has 0 bridgehead atoms. The van der Waals surface area contributed by atoms with Crippen LogP contribution in [0, 0.1) is 0 Å². The van der Waals surface area contributed by atoms with Gasteiger partial charge < -0.3 is 20.6 Å². The van der Waals surface area contributed by atoms with Gasteiger partial charge in [0, 0.05) is 6.42 Å². The molecule has 4 N–H and O–H groups in total. The Morgan fingerprint density at radius 3 is 2.25 bits per heavy atom. The van der Waals surface area contributed by atoms with Crippen molar-refractivity contribution in [3.05, 3.63) is 48.7 Å². The summed E-state index contributed by atoms with van der Waals surface area (Å²) in [5, 5.41) is 29.8. The maximum Gasteiger partial charge on any atom is 0.297 e. The maximum absolute atomic E-state index is 9.07. The fourth-order valence-corrected chi connectivity index (χ4v) is 1.30. The van der Waals surface area contributed by atoms with E-state index in [1.54, 1.807) is 0 Å². The Hall–Kier alpha value is -0.880. The van der Waals surface area contributed by atoms with Crippen molar-refractivity contribution in [3.8, 4) is 0 Å². The highest BCUT2D eigenvalue weighted by molar-refractivity contribution is 8.93. The fraction of sp³-hybridized carbons (Fsp3) is 0.273. The number of nitrogens with one attached hydrogen (secondary N) is 1. The lowest BCUT2D eigenvalue weighted by molar-refractivity contribution is -0.325. The minimum absolute atomic E-state index is 0. The van der Waals surface area contributed by atoms with Gasteiger partial charge in [0.2, 0.25) is 0 Å². The van der Waals surface area contributed by atoms with E-state index in [9.17, 15) is 0 Å². The van der Waals surface area contributed by atoms with Crippen molar-refractivity contribution in [1.29, 1.82) is 0 Å². The molecule has 0 aliphatic heterocycles. The van der Waals surface area contributed by atoms with Gasteiger partial charge in [-0.05, 0) is 11.8 Å². The van der Waals surface area contributed by atoms with Crippen LogP contribution in [0.2, 0.25) is 0 Å². The molecule has 1 unspecified atom stereocenters. The average Bonchev–Trinajstić information content (AvgIpc) is 2.17. The summed E-state index contributed by atoms with van der Waals surface area (Å²) >= 11 is 0. The summed E-state index contributed by atoms with van der Waals surface area (Å²) < 4.78 is 0. The van der Waals surface area contributed by atoms with Gasteiger partial charge in [-0.25, -0.2) is 0 Å². The number of benzene rings is 1. The molecule has 1 aromatic rings. The summed E-state index contributed by atoms with van der Waals surface area (Å²) in [6.07, 6.45) is 1.60. The lowest BCUT2D eigenvalue weighted by Crippen LogP contribution is -2.50. The van der Waals surface area contributed by atoms with Gasteiger partial charge in [0.05, 0.1) is 0 Å². The molecule has 0 radical (unpaired) electrons. The van der Waals surface area contributed by atoms with Gasteiger partial charge in [0.25, 0.3) is 5.97 Å². The van der Waals surface area contributed by atoms with E-state index < -0.39 is 12.0 Å². The Balaban J connectivity index is 0.00000225. The summed E-state index contributed by atoms with van der Waals surface area (Å²) in [6, 6.07) is 8.32. The summed E-state index contributed by atoms with van der Waals surface area (Å²) in [5.74, 6) is -2.76. The van der Waals surface area contributed by atoms with E-state index in [0.29, 0.717) is 0 Å². The smallest absolute Gasteiger partial charge is 0.297 e. The summed E-state index contributed by atoms with van der Waals surface area (Å²) in [6.45, 7) is 3.41. The molecule has 0 saturated carbocycles. The molecule has 1 aromatic carbocycles. The van der Waals surface area contributed by atoms with Crippen LogP contribution in [-0.4, -0.2) is 27.3 Å². The second-order valence-electron chi connectivity index (χ2n) is 3.30. The van der Waals surface area contributed by atoms with Crippen LogP contribution in [0.4, 0.5) is 0 Å². The van der Waals surface area contributed by atoms with Crippen LogP contribution in [-0.2, 0) is 6.42 Å². The van der Waals surface area contributed by atoms with Crippen LogP contribution >= 0.6 is 17.0 Å². The summed E-state index contributed by atoms with van der Waals surface area (Å²) in [7, 11) is 0. The quantitative estimate of drug-likeness (QED) is 0.597. The average molecular weight is 290 g/mol. The molecule has 0 amide bonds. The van der Waals surface area contributed by atoms with E-state index in [-0.39, 0.29) is 23.4 Å². The second kappa shape index (κ2) is 6.65. The largest absolute Gasteiger partial charge is 0.381 e. The number of aliphatic hydroxyl groups is 3. The van der Waals surface area contributed by atoms with E-state index in [0.717, 1.165) is 5.56 Å². The Bertz CT molecular complexity index is 311. The Kier molecular flexibility index (Phi) is 6.28. The van der Waals surface area contributed by atoms with Crippen LogP contribution in [0.15, 0.2) is 43.1 Å². The van der Waals surface area contributed by atoms with Crippen molar-refractivity contribution in [3.63, 3.8) is 0 Å². The standard InChI is InChI=1S/C11H15NO3.BrH/c1-2-12-10(11(13,14)15)8-9-6-4-3-5-7-9;/h2-7,10,12-15H,1,8H2;1H. The van der Waals surface area contributed by atoms with Crippen molar-refractivity contribution >= 4 is 17.0 Å². The van der Waals surface area contributed by atoms with Gasteiger partial charge in [0.1, 0.15) is 6.04 Å². The molecule has 0 saturated heterocycles. The Labute approximate surface area is 105 Å². The Morgan fingerprint density at radius 1 is 1.25 bits per heavy atom. The molecule has 90 valence electrons. The number of hydrogen-bond donors (Lipinski definition) is 4. The molecule has 0 aliphatic rings. The normalized spacial score (nSPS) is 12.4. The van der Waals surface area contributed by atoms with E-state index >= 15 is 0 Å². The molecular formula is C11H16BrNO3. The maximum atomic E-state index is 9.07. The third-order valence-electron chi connectivity index (χ3n) is 2.07. The highest BCUT2D eigenvalue weighted by Gasteiger charge is 2.31. The highest BCUT2D eigenvalue weighted by atomic mass is 79.9. The van der Waals surface area contributed by atoms with Gasteiger partial charge in [-0.15, -0.1) is 17.0 Å². The molecule has 0 heterocycles. The lowest BCUT2D eigenvalue weighted by atomic mass is 10.0. The molecule has 1 atom stereocenters. The van der Waals surface area contributed by atoms with Crippen molar-refractivity contribution in [2.75, 3.05) is 0 Å². The molecule has 5 heteroatoms. The Morgan fingerprint density at radius 2 is 1.81 bits per heavy atom. The van der Waals surface area contributed by atoms with Crippen LogP contribution < -0.4 is 5.32 Å². The molecule has 0 spiro atoms. The van der Waals surface area contributed by atoms with Crippen molar-refractivity contribution < 1.29 is 15.3 Å². The first-order valence-corrected chi connectivity index (χ1v) is 4.62. The van der Waals surface area contributed by atoms with Crippen LogP contribution in [0.3, 0.4) is 0 Å². The van der Waals surface area contributed by atoms with Gasteiger partial charge in [0.15, 0.2) is 0 Å². The molecule has 16 heavy (non-hydrogen) atoms. The third-order valence-corrected chi connectivity index (χ3v) is 2.07. The van der Waals surface area contributed by atoms with E-state index in [1.807, 2.05) is 30.3 Å². The fourth-order valence-electron chi connectivity index (χ4n) is 1.30. The molecule has 1 rings (SSSR count). The molecule has 0 aromatic heterocycles. The van der Waals surface area contributed by atoms with E-state index in [1.165, 1.54) is 6.20 Å². The highest BCUT2D eigenvalue weighted by Crippen LogP contribution is 2.10. The van der Waals surface area contributed by atoms with Crippen LogP contribution in [0.25, 0.3) is 0 Å². The zero-order valence-electron chi connectivity index (χ0n) is 8.71. The molecule has 0 aliphatic carbocycles. The monoisotopic (exact) mass is 289 g/mol. The SMILES string of the molecule is Br.C=CNC(Cc1ccccc1)C(O)(O)O. The van der Waals surface area contributed by atoms with Crippen LogP contribution in [0.1, 0.15) is 5.56 Å². The molecular weight excluding hydrogens is 274 g/mol. The first-order valence-electron chi connectivity index (χ1n) is 4.62.